The first-order chi connectivity index (χ1) is 34.6. The zero-order chi connectivity index (χ0) is 50.1. The molecule has 1 atom stereocenters. The van der Waals surface area contributed by atoms with Crippen molar-refractivity contribution < 1.29 is 22.8 Å². The zero-order valence-corrected chi connectivity index (χ0v) is 42.5. The fourth-order valence-electron chi connectivity index (χ4n) is 12.4. The van der Waals surface area contributed by atoms with E-state index in [-0.39, 0.29) is 41.3 Å². The van der Waals surface area contributed by atoms with Crippen molar-refractivity contribution in [1.82, 2.24) is 49.1 Å². The largest absolute Gasteiger partial charge is 0.329 e. The maximum atomic E-state index is 14.4. The summed E-state index contributed by atoms with van der Waals surface area (Å²) in [5.74, 6) is 1.81. The molecule has 12 rings (SSSR count). The molecule has 72 heavy (non-hydrogen) atoms. The number of carbonyl (C=O) groups is 3. The lowest BCUT2D eigenvalue weighted by molar-refractivity contribution is -0.135. The maximum absolute atomic E-state index is 14.4. The first-order valence-electron chi connectivity index (χ1n) is 24.9. The van der Waals surface area contributed by atoms with Gasteiger partial charge >= 0.3 is 5.69 Å². The van der Waals surface area contributed by atoms with Crippen LogP contribution in [0.1, 0.15) is 104 Å². The van der Waals surface area contributed by atoms with E-state index in [1.165, 1.54) is 59.0 Å². The number of amides is 3. The van der Waals surface area contributed by atoms with Gasteiger partial charge in [-0.2, -0.15) is 5.10 Å². The summed E-state index contributed by atoms with van der Waals surface area (Å²) in [6.45, 7) is 4.75. The Hall–Kier alpha value is -6.80. The molecule has 3 amide bonds. The highest BCUT2D eigenvalue weighted by molar-refractivity contribution is 7.90. The summed E-state index contributed by atoms with van der Waals surface area (Å²) < 4.78 is 35.8. The van der Waals surface area contributed by atoms with Crippen molar-refractivity contribution in [2.24, 2.45) is 30.2 Å². The number of piperidine rings is 1. The first kappa shape index (κ1) is 47.5. The van der Waals surface area contributed by atoms with Crippen LogP contribution in [0.25, 0.3) is 32.4 Å². The van der Waals surface area contributed by atoms with Crippen LogP contribution < -0.4 is 25.9 Å². The van der Waals surface area contributed by atoms with Gasteiger partial charge in [0.25, 0.3) is 5.91 Å². The predicted molar refractivity (Wildman–Crippen MR) is 276 cm³/mol. The third kappa shape index (κ3) is 9.18. The number of imidazole rings is 1. The number of pyridine rings is 1. The molecule has 5 aliphatic rings. The Labute approximate surface area is 420 Å². The number of aryl methyl sites for hydroxylation is 3. The monoisotopic (exact) mass is 1010 g/mol. The van der Waals surface area contributed by atoms with Gasteiger partial charge in [-0.05, 0) is 155 Å². The van der Waals surface area contributed by atoms with E-state index in [4.69, 9.17) is 10.1 Å². The molecule has 5 fully saturated rings. The number of sulfonamides is 1. The van der Waals surface area contributed by atoms with Crippen LogP contribution in [0.3, 0.4) is 0 Å². The molecule has 20 heteroatoms. The Morgan fingerprint density at radius 2 is 1.65 bits per heavy atom. The molecular weight excluding hydrogens is 953 g/mol. The number of carbonyl (C=O) groups excluding carboxylic acids is 3. The van der Waals surface area contributed by atoms with Crippen molar-refractivity contribution in [3.8, 4) is 11.1 Å². The number of benzene rings is 2. The Balaban J connectivity index is 0.795. The van der Waals surface area contributed by atoms with Gasteiger partial charge in [0.1, 0.15) is 17.6 Å². The van der Waals surface area contributed by atoms with Gasteiger partial charge < -0.3 is 10.2 Å². The van der Waals surface area contributed by atoms with Gasteiger partial charge in [-0.25, -0.2) is 27.9 Å². The van der Waals surface area contributed by atoms with Gasteiger partial charge in [0.2, 0.25) is 21.8 Å². The summed E-state index contributed by atoms with van der Waals surface area (Å²) in [6.07, 6.45) is 12.0. The standard InChI is InChI=1S/C52H58N12O6S2/c1-30-20-44(58-59-47(30)57-50-54-38-11-7-8-12-42(38)71-50)62(4)43-17-14-36(37-28-53-63(31(37)2)29-52-25-33-21-34(26-52)23-35(22-33)27-52)46(55-43)49(67)60-72(69,70)19-9-5-6-10-32-13-15-39-41(24-32)61(3)51(68)64(39)40-16-18-45(65)56-48(40)66/h7-8,11-15,17,20,24,28,33-35,40H,5-6,9-10,16,18-19,21-23,25-27,29H2,1-4H3,(H,60,67)(H,54,57,59)(H,56,65,66). The van der Waals surface area contributed by atoms with E-state index in [0.717, 1.165) is 56.9 Å². The number of thiazole rings is 1. The van der Waals surface area contributed by atoms with E-state index in [2.05, 4.69) is 35.2 Å². The minimum atomic E-state index is -4.10. The van der Waals surface area contributed by atoms with Crippen LogP contribution in [-0.4, -0.2) is 78.0 Å². The number of unbranched alkanes of at least 4 members (excludes halogenated alkanes) is 2. The Morgan fingerprint density at radius 3 is 2.39 bits per heavy atom. The molecule has 18 nitrogen and oxygen atoms in total. The summed E-state index contributed by atoms with van der Waals surface area (Å²) in [6, 6.07) is 18.2. The second kappa shape index (κ2) is 18.7. The normalized spacial score (nSPS) is 21.7. The number of fused-ring (bicyclic) bond motifs is 2. The lowest BCUT2D eigenvalue weighted by atomic mass is 9.49. The Bertz CT molecular complexity index is 3420. The van der Waals surface area contributed by atoms with Gasteiger partial charge in [0.05, 0.1) is 33.2 Å². The predicted octanol–water partition coefficient (Wildman–Crippen LogP) is 7.79. The van der Waals surface area contributed by atoms with Gasteiger partial charge in [-0.1, -0.05) is 36.0 Å². The molecule has 0 spiro atoms. The summed E-state index contributed by atoms with van der Waals surface area (Å²) in [5.41, 5.74) is 5.85. The van der Waals surface area contributed by atoms with E-state index in [1.807, 2.05) is 68.4 Å². The number of rotatable bonds is 16. The molecule has 5 aromatic heterocycles. The minimum Gasteiger partial charge on any atom is -0.314 e. The Morgan fingerprint density at radius 1 is 0.889 bits per heavy atom. The van der Waals surface area contributed by atoms with E-state index >= 15 is 0 Å². The first-order valence-corrected chi connectivity index (χ1v) is 27.4. The lowest BCUT2D eigenvalue weighted by Crippen LogP contribution is -2.48. The molecule has 1 unspecified atom stereocenters. The van der Waals surface area contributed by atoms with Crippen molar-refractivity contribution in [2.45, 2.75) is 103 Å². The number of nitrogens with zero attached hydrogens (tertiary/aromatic N) is 9. The molecule has 2 aromatic carbocycles. The van der Waals surface area contributed by atoms with Crippen LogP contribution in [0.5, 0.6) is 0 Å². The highest BCUT2D eigenvalue weighted by Gasteiger charge is 2.51. The summed E-state index contributed by atoms with van der Waals surface area (Å²) in [4.78, 5) is 63.3. The molecule has 4 bridgehead atoms. The highest BCUT2D eigenvalue weighted by atomic mass is 32.2. The molecular formula is C52H58N12O6S2. The highest BCUT2D eigenvalue weighted by Crippen LogP contribution is 2.60. The second-order valence-electron chi connectivity index (χ2n) is 20.8. The van der Waals surface area contributed by atoms with Crippen LogP contribution >= 0.6 is 11.3 Å². The van der Waals surface area contributed by atoms with E-state index in [1.54, 1.807) is 31.3 Å². The molecule has 1 aliphatic heterocycles. The van der Waals surface area contributed by atoms with Crippen LogP contribution in [0.4, 0.5) is 22.6 Å². The number of para-hydroxylation sites is 1. The molecule has 3 N–H and O–H groups in total. The van der Waals surface area contributed by atoms with Crippen LogP contribution in [-0.2, 0) is 39.6 Å². The van der Waals surface area contributed by atoms with Crippen LogP contribution in [0.15, 0.2) is 71.7 Å². The average molecular weight is 1010 g/mol. The summed E-state index contributed by atoms with van der Waals surface area (Å²) in [5, 5.41) is 20.2. The topological polar surface area (TPSA) is 221 Å². The summed E-state index contributed by atoms with van der Waals surface area (Å²) in [7, 11) is -0.670. The number of hydrogen-bond acceptors (Lipinski definition) is 14. The lowest BCUT2D eigenvalue weighted by Gasteiger charge is -2.56. The molecule has 374 valence electrons. The number of anilines is 4. The smallest absolute Gasteiger partial charge is 0.314 e. The fourth-order valence-corrected chi connectivity index (χ4v) is 14.4. The van der Waals surface area contributed by atoms with Crippen molar-refractivity contribution in [1.29, 1.82) is 0 Å². The molecule has 6 heterocycles. The minimum absolute atomic E-state index is 0.0459. The van der Waals surface area contributed by atoms with Gasteiger partial charge in [-0.15, -0.1) is 10.2 Å². The van der Waals surface area contributed by atoms with Gasteiger partial charge in [0, 0.05) is 43.9 Å². The number of nitrogens with one attached hydrogen (secondary N) is 3. The third-order valence-corrected chi connectivity index (χ3v) is 17.9. The SMILES string of the molecule is Cc1cc(N(C)c2ccc(-c3cnn(CC45CC6CC(CC(C6)C4)C5)c3C)c(C(=O)NS(=O)(=O)CCCCCc3ccc4c(c3)n(C)c(=O)n4C3CCC(=O)NC3=O)n2)nnc1Nc1nc2ccccc2s1. The third-order valence-electron chi connectivity index (χ3n) is 15.6. The molecule has 0 radical (unpaired) electrons. The number of hydrogen-bond donors (Lipinski definition) is 3. The van der Waals surface area contributed by atoms with E-state index in [9.17, 15) is 27.6 Å². The summed E-state index contributed by atoms with van der Waals surface area (Å²) >= 11 is 1.52. The van der Waals surface area contributed by atoms with Crippen molar-refractivity contribution >= 4 is 82.9 Å². The second-order valence-corrected chi connectivity index (χ2v) is 23.6. The zero-order valence-electron chi connectivity index (χ0n) is 40.9. The molecule has 4 aliphatic carbocycles. The van der Waals surface area contributed by atoms with Crippen molar-refractivity contribution in [3.05, 3.63) is 99.9 Å². The maximum Gasteiger partial charge on any atom is 0.329 e. The Kier molecular flexibility index (Phi) is 12.3. The number of imide groups is 1. The van der Waals surface area contributed by atoms with Gasteiger partial charge in [-0.3, -0.25) is 33.5 Å². The average Bonchev–Trinajstić information content (AvgIpc) is 3.99. The van der Waals surface area contributed by atoms with Gasteiger partial charge in [0.15, 0.2) is 16.8 Å². The fraction of sp³-hybridized carbons (Fsp3) is 0.442. The van der Waals surface area contributed by atoms with Crippen LogP contribution in [0, 0.1) is 37.0 Å². The van der Waals surface area contributed by atoms with E-state index in [0.29, 0.717) is 64.9 Å². The molecule has 7 aromatic rings. The van der Waals surface area contributed by atoms with Crippen LogP contribution in [0.2, 0.25) is 0 Å². The molecule has 1 saturated heterocycles. The van der Waals surface area contributed by atoms with Crippen molar-refractivity contribution in [3.63, 3.8) is 0 Å². The molecule has 4 saturated carbocycles. The number of aromatic nitrogens is 8. The van der Waals surface area contributed by atoms with Crippen molar-refractivity contribution in [2.75, 3.05) is 23.0 Å². The quantitative estimate of drug-likeness (QED) is 0.0622. The van der Waals surface area contributed by atoms with E-state index < -0.39 is 27.9 Å².